The lowest BCUT2D eigenvalue weighted by molar-refractivity contribution is -0.384. The lowest BCUT2D eigenvalue weighted by Gasteiger charge is -2.31. The van der Waals surface area contributed by atoms with E-state index in [1.165, 1.54) is 0 Å². The fraction of sp³-hybridized carbons (Fsp3) is 0.267. The van der Waals surface area contributed by atoms with Crippen molar-refractivity contribution in [3.05, 3.63) is 51.2 Å². The van der Waals surface area contributed by atoms with Crippen molar-refractivity contribution in [3.63, 3.8) is 0 Å². The van der Waals surface area contributed by atoms with Crippen LogP contribution in [-0.2, 0) is 9.59 Å². The quantitative estimate of drug-likeness (QED) is 0.616. The van der Waals surface area contributed by atoms with E-state index in [4.69, 9.17) is 0 Å². The number of hydrogen-bond donors (Lipinski definition) is 2. The number of rotatable bonds is 4. The second kappa shape index (κ2) is 6.24. The Morgan fingerprint density at radius 1 is 1.31 bits per heavy atom. The van der Waals surface area contributed by atoms with Crippen molar-refractivity contribution in [2.75, 3.05) is 0 Å². The van der Waals surface area contributed by atoms with Crippen LogP contribution in [0.1, 0.15) is 24.2 Å². The van der Waals surface area contributed by atoms with Crippen molar-refractivity contribution in [2.45, 2.75) is 25.6 Å². The molecule has 11 heteroatoms. The minimum Gasteiger partial charge on any atom is -0.327 e. The molecule has 2 amide bonds. The zero-order valence-corrected chi connectivity index (χ0v) is 13.4. The molecule has 0 saturated carbocycles. The van der Waals surface area contributed by atoms with E-state index in [1.807, 2.05) is 5.32 Å². The van der Waals surface area contributed by atoms with E-state index in [0.717, 1.165) is 38.1 Å². The highest BCUT2D eigenvalue weighted by Gasteiger charge is 2.68. The fourth-order valence-electron chi connectivity index (χ4n) is 2.71. The van der Waals surface area contributed by atoms with Gasteiger partial charge >= 0.3 is 6.18 Å². The molecule has 0 saturated heterocycles. The maximum Gasteiger partial charge on any atom is 0.425 e. The Morgan fingerprint density at radius 3 is 2.42 bits per heavy atom. The van der Waals surface area contributed by atoms with Gasteiger partial charge in [-0.2, -0.15) is 13.2 Å². The second-order valence-corrected chi connectivity index (χ2v) is 5.52. The minimum absolute atomic E-state index is 0.334. The number of alkyl halides is 3. The maximum atomic E-state index is 13.8. The molecule has 1 atom stereocenters. The number of allylic oxidation sites excluding steroid dienone is 1. The molecular formula is C15H12F3N3O5. The van der Waals surface area contributed by atoms with E-state index in [9.17, 15) is 37.7 Å². The Morgan fingerprint density at radius 2 is 1.92 bits per heavy atom. The topological polar surface area (TPSA) is 118 Å². The van der Waals surface area contributed by atoms with Crippen LogP contribution in [0.3, 0.4) is 0 Å². The number of hydrogen-bond acceptors (Lipinski definition) is 5. The third-order valence-corrected chi connectivity index (χ3v) is 3.79. The highest BCUT2D eigenvalue weighted by Crippen LogP contribution is 2.41. The van der Waals surface area contributed by atoms with Crippen LogP contribution >= 0.6 is 0 Å². The lowest BCUT2D eigenvalue weighted by Crippen LogP contribution is -2.65. The number of amides is 2. The molecule has 0 unspecified atom stereocenters. The zero-order chi connectivity index (χ0) is 19.9. The first-order valence-corrected chi connectivity index (χ1v) is 7.09. The number of carbonyl (C=O) groups is 3. The van der Waals surface area contributed by atoms with Gasteiger partial charge in [0.15, 0.2) is 5.78 Å². The number of non-ortho nitro benzene ring substituents is 1. The number of Topliss-reactive ketones (excluding diaryl/α,β-unsaturated/α-hetero) is 1. The third-order valence-electron chi connectivity index (χ3n) is 3.79. The summed E-state index contributed by atoms with van der Waals surface area (Å²) in [6.07, 6.45) is -5.33. The van der Waals surface area contributed by atoms with Crippen molar-refractivity contribution in [3.8, 4) is 0 Å². The van der Waals surface area contributed by atoms with Crippen LogP contribution in [0.4, 0.5) is 18.9 Å². The highest BCUT2D eigenvalue weighted by atomic mass is 19.4. The summed E-state index contributed by atoms with van der Waals surface area (Å²) in [5, 5.41) is 14.2. The monoisotopic (exact) mass is 371 g/mol. The average Bonchev–Trinajstić information content (AvgIpc) is 2.78. The third kappa shape index (κ3) is 2.91. The number of halogens is 3. The van der Waals surface area contributed by atoms with Crippen LogP contribution < -0.4 is 10.6 Å². The van der Waals surface area contributed by atoms with Gasteiger partial charge in [-0.15, -0.1) is 0 Å². The Kier molecular flexibility index (Phi) is 4.58. The summed E-state index contributed by atoms with van der Waals surface area (Å²) in [7, 11) is 0. The molecule has 1 aromatic rings. The molecule has 0 aliphatic carbocycles. The van der Waals surface area contributed by atoms with Crippen molar-refractivity contribution in [1.82, 2.24) is 10.6 Å². The Labute approximate surface area is 144 Å². The van der Waals surface area contributed by atoms with Crippen LogP contribution in [0.5, 0.6) is 0 Å². The average molecular weight is 371 g/mol. The predicted octanol–water partition coefficient (Wildman–Crippen LogP) is 1.62. The van der Waals surface area contributed by atoms with E-state index >= 15 is 0 Å². The van der Waals surface area contributed by atoms with Crippen molar-refractivity contribution in [1.29, 1.82) is 0 Å². The van der Waals surface area contributed by atoms with E-state index in [0.29, 0.717) is 0 Å². The van der Waals surface area contributed by atoms with Crippen molar-refractivity contribution in [2.24, 2.45) is 0 Å². The Balaban J connectivity index is 2.56. The zero-order valence-electron chi connectivity index (χ0n) is 13.4. The summed E-state index contributed by atoms with van der Waals surface area (Å²) < 4.78 is 41.3. The SMILES string of the molecule is CC(=O)C1=C(C)NC(=O)[C@]1(NC(=O)c1cccc([N+](=O)[O-])c1)C(F)(F)F. The smallest absolute Gasteiger partial charge is 0.327 e. The van der Waals surface area contributed by atoms with Gasteiger partial charge in [0, 0.05) is 23.4 Å². The standard InChI is InChI=1S/C15H12F3N3O5/c1-7-11(8(2)22)14(13(24)19-7,15(16,17)18)20-12(23)9-4-3-5-10(6-9)21(25)26/h3-6H,1-2H3,(H,19,24)(H,20,23)/t14-/m0/s1. The summed E-state index contributed by atoms with van der Waals surface area (Å²) in [5.74, 6) is -4.08. The molecule has 26 heavy (non-hydrogen) atoms. The summed E-state index contributed by atoms with van der Waals surface area (Å²) in [6.45, 7) is 1.93. The summed E-state index contributed by atoms with van der Waals surface area (Å²) in [6, 6.07) is 3.96. The first-order chi connectivity index (χ1) is 11.9. The van der Waals surface area contributed by atoms with Crippen LogP contribution in [0.15, 0.2) is 35.5 Å². The highest BCUT2D eigenvalue weighted by molar-refractivity contribution is 6.13. The number of benzene rings is 1. The molecule has 0 bridgehead atoms. The predicted molar refractivity (Wildman–Crippen MR) is 80.9 cm³/mol. The number of nitrogens with one attached hydrogen (secondary N) is 2. The van der Waals surface area contributed by atoms with Gasteiger partial charge < -0.3 is 10.6 Å². The van der Waals surface area contributed by atoms with Gasteiger partial charge in [-0.3, -0.25) is 24.5 Å². The van der Waals surface area contributed by atoms with Crippen LogP contribution in [0, 0.1) is 10.1 Å². The van der Waals surface area contributed by atoms with E-state index < -0.39 is 51.1 Å². The molecule has 0 fully saturated rings. The molecule has 0 spiro atoms. The van der Waals surface area contributed by atoms with E-state index in [2.05, 4.69) is 0 Å². The van der Waals surface area contributed by atoms with Crippen LogP contribution in [0.25, 0.3) is 0 Å². The first-order valence-electron chi connectivity index (χ1n) is 7.09. The van der Waals surface area contributed by atoms with Crippen LogP contribution in [-0.4, -0.2) is 34.2 Å². The fourth-order valence-corrected chi connectivity index (χ4v) is 2.71. The maximum absolute atomic E-state index is 13.8. The number of nitro groups is 1. The lowest BCUT2D eigenvalue weighted by atomic mass is 9.86. The van der Waals surface area contributed by atoms with Crippen molar-refractivity contribution >= 4 is 23.3 Å². The molecule has 138 valence electrons. The van der Waals surface area contributed by atoms with Gasteiger partial charge in [0.25, 0.3) is 17.5 Å². The largest absolute Gasteiger partial charge is 0.425 e. The molecule has 8 nitrogen and oxygen atoms in total. The van der Waals surface area contributed by atoms with Crippen molar-refractivity contribution < 1.29 is 32.5 Å². The summed E-state index contributed by atoms with van der Waals surface area (Å²) in [4.78, 5) is 46.0. The van der Waals surface area contributed by atoms with E-state index in [1.54, 1.807) is 5.32 Å². The Hall–Kier alpha value is -3.24. The second-order valence-electron chi connectivity index (χ2n) is 5.52. The van der Waals surface area contributed by atoms with Gasteiger partial charge in [-0.05, 0) is 19.9 Å². The molecule has 1 aliphatic heterocycles. The summed E-state index contributed by atoms with van der Waals surface area (Å²) in [5.41, 5.74) is -5.84. The van der Waals surface area contributed by atoms with Gasteiger partial charge in [0.1, 0.15) is 0 Å². The molecular weight excluding hydrogens is 359 g/mol. The molecule has 2 N–H and O–H groups in total. The van der Waals surface area contributed by atoms with E-state index in [-0.39, 0.29) is 5.70 Å². The van der Waals surface area contributed by atoms with Gasteiger partial charge in [-0.25, -0.2) is 0 Å². The first kappa shape index (κ1) is 19.1. The molecule has 1 aromatic carbocycles. The molecule has 0 aromatic heterocycles. The molecule has 1 heterocycles. The number of nitrogens with zero attached hydrogens (tertiary/aromatic N) is 1. The number of nitro benzene ring substituents is 1. The molecule has 0 radical (unpaired) electrons. The number of ketones is 1. The van der Waals surface area contributed by atoms with Crippen LogP contribution in [0.2, 0.25) is 0 Å². The Bertz CT molecular complexity index is 862. The molecule has 1 aliphatic rings. The van der Waals surface area contributed by atoms with Gasteiger partial charge in [-0.1, -0.05) is 6.07 Å². The number of carbonyl (C=O) groups excluding carboxylic acids is 3. The van der Waals surface area contributed by atoms with Gasteiger partial charge in [0.05, 0.1) is 10.5 Å². The van der Waals surface area contributed by atoms with Gasteiger partial charge in [0.2, 0.25) is 5.54 Å². The minimum atomic E-state index is -5.33. The summed E-state index contributed by atoms with van der Waals surface area (Å²) >= 11 is 0. The normalized spacial score (nSPS) is 20.0. The molecule has 2 rings (SSSR count).